The Bertz CT molecular complexity index is 716. The Morgan fingerprint density at radius 3 is 2.94 bits per heavy atom. The van der Waals surface area contributed by atoms with Gasteiger partial charge in [0.25, 0.3) is 0 Å². The van der Waals surface area contributed by atoms with E-state index >= 15 is 0 Å². The second-order valence-corrected chi connectivity index (χ2v) is 4.26. The molecule has 0 saturated heterocycles. The van der Waals surface area contributed by atoms with E-state index in [0.29, 0.717) is 21.5 Å². The van der Waals surface area contributed by atoms with E-state index in [4.69, 9.17) is 13.6 Å². The molecule has 3 rings (SSSR count). The molecule has 90 valence electrons. The molecule has 2 aromatic heterocycles. The maximum atomic E-state index is 11.7. The van der Waals surface area contributed by atoms with E-state index in [1.807, 2.05) is 0 Å². The lowest BCUT2D eigenvalue weighted by molar-refractivity contribution is 0.0700. The van der Waals surface area contributed by atoms with E-state index in [9.17, 15) is 4.79 Å². The Kier molecular flexibility index (Phi) is 2.64. The number of nitrogens with zero attached hydrogens (tertiary/aromatic N) is 1. The molecule has 0 bridgehead atoms. The molecule has 0 amide bonds. The second kappa shape index (κ2) is 4.30. The molecule has 0 aliphatic rings. The highest BCUT2D eigenvalue weighted by atomic mass is 79.9. The number of rotatable bonds is 2. The molecule has 0 saturated carbocycles. The predicted octanol–water partition coefficient (Wildman–Crippen LogP) is 3.40. The molecule has 3 aromatic rings. The summed E-state index contributed by atoms with van der Waals surface area (Å²) in [7, 11) is 0. The minimum atomic E-state index is -0.566. The molecular formula is C12H6BrNO4. The molecule has 1 aromatic carbocycles. The SMILES string of the molecule is O=C(Oc1ccc2ocnc2c1)c1ccc(Br)o1. The smallest absolute Gasteiger partial charge is 0.379 e. The topological polar surface area (TPSA) is 65.5 Å². The van der Waals surface area contributed by atoms with Crippen LogP contribution in [0.3, 0.4) is 0 Å². The molecule has 0 fully saturated rings. The third-order valence-corrected chi connectivity index (χ3v) is 2.71. The van der Waals surface area contributed by atoms with Gasteiger partial charge in [-0.1, -0.05) is 0 Å². The number of hydrogen-bond donors (Lipinski definition) is 0. The molecule has 18 heavy (non-hydrogen) atoms. The Labute approximate surface area is 109 Å². The average Bonchev–Trinajstić information content (AvgIpc) is 2.96. The molecule has 0 aliphatic carbocycles. The normalized spacial score (nSPS) is 10.7. The van der Waals surface area contributed by atoms with Gasteiger partial charge in [-0.3, -0.25) is 0 Å². The van der Waals surface area contributed by atoms with Gasteiger partial charge in [-0.2, -0.15) is 0 Å². The summed E-state index contributed by atoms with van der Waals surface area (Å²) in [6.07, 6.45) is 1.33. The molecule has 0 radical (unpaired) electrons. The zero-order chi connectivity index (χ0) is 12.5. The zero-order valence-corrected chi connectivity index (χ0v) is 10.5. The lowest BCUT2D eigenvalue weighted by atomic mass is 10.3. The van der Waals surface area contributed by atoms with Gasteiger partial charge in [0, 0.05) is 6.07 Å². The molecule has 0 atom stereocenters. The summed E-state index contributed by atoms with van der Waals surface area (Å²) in [5, 5.41) is 0. The van der Waals surface area contributed by atoms with Gasteiger partial charge in [0.2, 0.25) is 5.76 Å². The first-order chi connectivity index (χ1) is 8.72. The Morgan fingerprint density at radius 1 is 1.28 bits per heavy atom. The summed E-state index contributed by atoms with van der Waals surface area (Å²) >= 11 is 3.12. The second-order valence-electron chi connectivity index (χ2n) is 3.48. The van der Waals surface area contributed by atoms with E-state index in [-0.39, 0.29) is 5.76 Å². The first-order valence-corrected chi connectivity index (χ1v) is 5.82. The number of aromatic nitrogens is 1. The summed E-state index contributed by atoms with van der Waals surface area (Å²) in [5.74, 6) is -0.0559. The van der Waals surface area contributed by atoms with Gasteiger partial charge in [0.15, 0.2) is 16.6 Å². The molecule has 0 unspecified atom stereocenters. The highest BCUT2D eigenvalue weighted by molar-refractivity contribution is 9.10. The van der Waals surface area contributed by atoms with E-state index < -0.39 is 5.97 Å². The Morgan fingerprint density at radius 2 is 2.17 bits per heavy atom. The minimum absolute atomic E-state index is 0.127. The van der Waals surface area contributed by atoms with Gasteiger partial charge in [-0.25, -0.2) is 9.78 Å². The van der Waals surface area contributed by atoms with Crippen molar-refractivity contribution in [2.75, 3.05) is 0 Å². The van der Waals surface area contributed by atoms with Gasteiger partial charge in [-0.15, -0.1) is 0 Å². The quantitative estimate of drug-likeness (QED) is 0.536. The molecule has 0 aliphatic heterocycles. The van der Waals surface area contributed by atoms with Crippen LogP contribution in [-0.2, 0) is 0 Å². The van der Waals surface area contributed by atoms with Gasteiger partial charge in [-0.05, 0) is 40.2 Å². The molecule has 6 heteroatoms. The van der Waals surface area contributed by atoms with Crippen LogP contribution in [0.5, 0.6) is 5.75 Å². The summed E-state index contributed by atoms with van der Waals surface area (Å²) in [6.45, 7) is 0. The Hall–Kier alpha value is -2.08. The van der Waals surface area contributed by atoms with Crippen LogP contribution in [-0.4, -0.2) is 11.0 Å². The summed E-state index contributed by atoms with van der Waals surface area (Å²) in [6, 6.07) is 8.08. The number of fused-ring (bicyclic) bond motifs is 1. The number of ether oxygens (including phenoxy) is 1. The maximum Gasteiger partial charge on any atom is 0.379 e. The van der Waals surface area contributed by atoms with Crippen LogP contribution in [0.25, 0.3) is 11.1 Å². The van der Waals surface area contributed by atoms with E-state index in [0.717, 1.165) is 0 Å². The molecule has 0 spiro atoms. The highest BCUT2D eigenvalue weighted by Gasteiger charge is 2.13. The van der Waals surface area contributed by atoms with Crippen molar-refractivity contribution < 1.29 is 18.4 Å². The van der Waals surface area contributed by atoms with Crippen LogP contribution in [0, 0.1) is 0 Å². The molecular weight excluding hydrogens is 302 g/mol. The molecule has 0 N–H and O–H groups in total. The van der Waals surface area contributed by atoms with Crippen LogP contribution >= 0.6 is 15.9 Å². The summed E-state index contributed by atoms with van der Waals surface area (Å²) in [5.41, 5.74) is 1.26. The van der Waals surface area contributed by atoms with E-state index in [1.165, 1.54) is 12.5 Å². The predicted molar refractivity (Wildman–Crippen MR) is 65.4 cm³/mol. The van der Waals surface area contributed by atoms with Crippen molar-refractivity contribution in [1.29, 1.82) is 0 Å². The van der Waals surface area contributed by atoms with Crippen molar-refractivity contribution >= 4 is 33.0 Å². The molecule has 2 heterocycles. The zero-order valence-electron chi connectivity index (χ0n) is 8.92. The van der Waals surface area contributed by atoms with Crippen molar-refractivity contribution in [3.63, 3.8) is 0 Å². The number of benzene rings is 1. The summed E-state index contributed by atoms with van der Waals surface area (Å²) in [4.78, 5) is 15.7. The third kappa shape index (κ3) is 2.02. The van der Waals surface area contributed by atoms with Crippen molar-refractivity contribution in [3.05, 3.63) is 47.2 Å². The van der Waals surface area contributed by atoms with Gasteiger partial charge in [0.05, 0.1) is 0 Å². The minimum Gasteiger partial charge on any atom is -0.443 e. The van der Waals surface area contributed by atoms with E-state index in [1.54, 1.807) is 24.3 Å². The number of halogens is 1. The van der Waals surface area contributed by atoms with Crippen molar-refractivity contribution in [2.24, 2.45) is 0 Å². The number of esters is 1. The largest absolute Gasteiger partial charge is 0.443 e. The average molecular weight is 308 g/mol. The number of hydrogen-bond acceptors (Lipinski definition) is 5. The lowest BCUT2D eigenvalue weighted by Gasteiger charge is -2.01. The summed E-state index contributed by atoms with van der Waals surface area (Å²) < 4.78 is 15.8. The van der Waals surface area contributed by atoms with E-state index in [2.05, 4.69) is 20.9 Å². The van der Waals surface area contributed by atoms with Gasteiger partial charge < -0.3 is 13.6 Å². The molecule has 5 nitrogen and oxygen atoms in total. The van der Waals surface area contributed by atoms with Crippen LogP contribution in [0.15, 0.2) is 50.2 Å². The standard InChI is InChI=1S/C12H6BrNO4/c13-11-4-3-10(18-11)12(15)17-7-1-2-9-8(5-7)14-6-16-9/h1-6H. The van der Waals surface area contributed by atoms with Crippen LogP contribution < -0.4 is 4.74 Å². The monoisotopic (exact) mass is 307 g/mol. The Balaban J connectivity index is 1.85. The lowest BCUT2D eigenvalue weighted by Crippen LogP contribution is -2.06. The van der Waals surface area contributed by atoms with Crippen molar-refractivity contribution in [1.82, 2.24) is 4.98 Å². The third-order valence-electron chi connectivity index (χ3n) is 2.29. The number of furan rings is 1. The maximum absolute atomic E-state index is 11.7. The van der Waals surface area contributed by atoms with Gasteiger partial charge in [0.1, 0.15) is 11.3 Å². The fraction of sp³-hybridized carbons (Fsp3) is 0. The highest BCUT2D eigenvalue weighted by Crippen LogP contribution is 2.21. The van der Waals surface area contributed by atoms with Crippen LogP contribution in [0.2, 0.25) is 0 Å². The van der Waals surface area contributed by atoms with Gasteiger partial charge >= 0.3 is 5.97 Å². The number of oxazole rings is 1. The van der Waals surface area contributed by atoms with Crippen LogP contribution in [0.4, 0.5) is 0 Å². The first-order valence-electron chi connectivity index (χ1n) is 5.03. The number of carbonyl (C=O) groups excluding carboxylic acids is 1. The van der Waals surface area contributed by atoms with Crippen molar-refractivity contribution in [2.45, 2.75) is 0 Å². The first kappa shape index (κ1) is 11.0. The van der Waals surface area contributed by atoms with Crippen LogP contribution in [0.1, 0.15) is 10.6 Å². The van der Waals surface area contributed by atoms with Crippen molar-refractivity contribution in [3.8, 4) is 5.75 Å². The number of carbonyl (C=O) groups is 1. The fourth-order valence-electron chi connectivity index (χ4n) is 1.48. The fourth-order valence-corrected chi connectivity index (χ4v) is 1.79.